The van der Waals surface area contributed by atoms with E-state index in [1.807, 2.05) is 6.92 Å². The van der Waals surface area contributed by atoms with Gasteiger partial charge in [-0.15, -0.1) is 0 Å². The van der Waals surface area contributed by atoms with Crippen LogP contribution < -0.4 is 0 Å². The number of hydrogen-bond acceptors (Lipinski definition) is 3. The fraction of sp³-hybridized carbons (Fsp3) is 0.818. The van der Waals surface area contributed by atoms with Crippen molar-refractivity contribution < 1.29 is 14.7 Å². The van der Waals surface area contributed by atoms with Gasteiger partial charge >= 0.3 is 0 Å². The third-order valence-electron chi connectivity index (χ3n) is 3.18. The predicted molar refractivity (Wildman–Crippen MR) is 55.9 cm³/mol. The molecule has 1 rings (SSSR count). The van der Waals surface area contributed by atoms with Crippen molar-refractivity contribution >= 4 is 11.8 Å². The number of nitrogens with zero attached hydrogens (tertiary/aromatic N) is 1. The second-order valence-electron chi connectivity index (χ2n) is 4.48. The van der Waals surface area contributed by atoms with Crippen LogP contribution in [-0.2, 0) is 9.59 Å². The molecule has 1 aliphatic heterocycles. The highest BCUT2D eigenvalue weighted by Crippen LogP contribution is 2.26. The zero-order chi connectivity index (χ0) is 11.6. The first-order valence-electron chi connectivity index (χ1n) is 5.45. The van der Waals surface area contributed by atoms with Gasteiger partial charge in [-0.3, -0.25) is 14.5 Å². The van der Waals surface area contributed by atoms with E-state index in [1.54, 1.807) is 13.8 Å². The molecule has 3 atom stereocenters. The maximum Gasteiger partial charge on any atom is 0.232 e. The average molecular weight is 213 g/mol. The molecule has 1 aliphatic rings. The first-order chi connectivity index (χ1) is 6.99. The minimum Gasteiger partial charge on any atom is -0.396 e. The van der Waals surface area contributed by atoms with Gasteiger partial charge in [0.25, 0.3) is 0 Å². The number of aliphatic hydroxyl groups is 1. The van der Waals surface area contributed by atoms with E-state index in [9.17, 15) is 9.59 Å². The number of likely N-dealkylation sites (tertiary alicyclic amines) is 1. The molecule has 1 N–H and O–H groups in total. The first-order valence-corrected chi connectivity index (χ1v) is 5.45. The molecule has 0 bridgehead atoms. The number of carbonyl (C=O) groups excluding carboxylic acids is 2. The van der Waals surface area contributed by atoms with Crippen LogP contribution >= 0.6 is 0 Å². The molecule has 15 heavy (non-hydrogen) atoms. The molecular weight excluding hydrogens is 194 g/mol. The van der Waals surface area contributed by atoms with Gasteiger partial charge in [0.15, 0.2) is 0 Å². The Morgan fingerprint density at radius 3 is 2.13 bits per heavy atom. The van der Waals surface area contributed by atoms with Crippen LogP contribution in [-0.4, -0.2) is 35.0 Å². The second-order valence-corrected chi connectivity index (χ2v) is 4.48. The van der Waals surface area contributed by atoms with E-state index in [0.717, 1.165) is 0 Å². The molecule has 0 aromatic rings. The molecule has 1 heterocycles. The number of carbonyl (C=O) groups is 2. The number of hydrogen-bond donors (Lipinski definition) is 1. The number of amides is 2. The molecule has 0 spiro atoms. The van der Waals surface area contributed by atoms with Gasteiger partial charge in [-0.1, -0.05) is 20.8 Å². The Bertz CT molecular complexity index is 245. The van der Waals surface area contributed by atoms with E-state index in [1.165, 1.54) is 4.90 Å². The maximum absolute atomic E-state index is 11.7. The monoisotopic (exact) mass is 213 g/mol. The minimum absolute atomic E-state index is 0.0720. The molecule has 4 heteroatoms. The number of imide groups is 1. The van der Waals surface area contributed by atoms with Crippen LogP contribution in [0.4, 0.5) is 0 Å². The van der Waals surface area contributed by atoms with Crippen LogP contribution in [0.3, 0.4) is 0 Å². The molecule has 0 radical (unpaired) electrons. The average Bonchev–Trinajstić information content (AvgIpc) is 2.36. The standard InChI is InChI=1S/C11H19NO3/c1-7(4-5-13)6-12-10(14)8(2)9(3)11(12)15/h7-9,13H,4-6H2,1-3H3. The molecule has 0 aliphatic carbocycles. The molecule has 3 unspecified atom stereocenters. The summed E-state index contributed by atoms with van der Waals surface area (Å²) in [6.45, 7) is 6.06. The van der Waals surface area contributed by atoms with Gasteiger partial charge < -0.3 is 5.11 Å². The first kappa shape index (κ1) is 12.2. The SMILES string of the molecule is CC(CCO)CN1C(=O)C(C)C(C)C1=O. The maximum atomic E-state index is 11.7. The highest BCUT2D eigenvalue weighted by molar-refractivity contribution is 6.04. The van der Waals surface area contributed by atoms with E-state index in [4.69, 9.17) is 5.11 Å². The molecule has 0 saturated carbocycles. The summed E-state index contributed by atoms with van der Waals surface area (Å²) in [6, 6.07) is 0. The molecule has 1 saturated heterocycles. The Morgan fingerprint density at radius 2 is 1.73 bits per heavy atom. The van der Waals surface area contributed by atoms with Gasteiger partial charge in [0.2, 0.25) is 11.8 Å². The summed E-state index contributed by atoms with van der Waals surface area (Å²) >= 11 is 0. The molecule has 0 aromatic carbocycles. The van der Waals surface area contributed by atoms with Crippen molar-refractivity contribution in [2.45, 2.75) is 27.2 Å². The topological polar surface area (TPSA) is 57.6 Å². The van der Waals surface area contributed by atoms with Gasteiger partial charge in [-0.05, 0) is 12.3 Å². The van der Waals surface area contributed by atoms with Crippen LogP contribution in [0, 0.1) is 17.8 Å². The molecule has 4 nitrogen and oxygen atoms in total. The summed E-state index contributed by atoms with van der Waals surface area (Å²) in [5, 5.41) is 8.76. The lowest BCUT2D eigenvalue weighted by molar-refractivity contribution is -0.140. The zero-order valence-corrected chi connectivity index (χ0v) is 9.56. The largest absolute Gasteiger partial charge is 0.396 e. The van der Waals surface area contributed by atoms with Crippen molar-refractivity contribution in [2.24, 2.45) is 17.8 Å². The Kier molecular flexibility index (Phi) is 3.85. The second kappa shape index (κ2) is 4.75. The van der Waals surface area contributed by atoms with Crippen LogP contribution in [0.25, 0.3) is 0 Å². The quantitative estimate of drug-likeness (QED) is 0.697. The summed E-state index contributed by atoms with van der Waals surface area (Å²) < 4.78 is 0. The van der Waals surface area contributed by atoms with Crippen LogP contribution in [0.15, 0.2) is 0 Å². The Morgan fingerprint density at radius 1 is 1.27 bits per heavy atom. The van der Waals surface area contributed by atoms with Crippen LogP contribution in [0.5, 0.6) is 0 Å². The Balaban J connectivity index is 2.62. The number of rotatable bonds is 4. The van der Waals surface area contributed by atoms with Gasteiger partial charge in [-0.2, -0.15) is 0 Å². The molecular formula is C11H19NO3. The lowest BCUT2D eigenvalue weighted by atomic mass is 10.00. The van der Waals surface area contributed by atoms with Crippen molar-refractivity contribution in [1.82, 2.24) is 4.90 Å². The fourth-order valence-electron chi connectivity index (χ4n) is 1.83. The zero-order valence-electron chi connectivity index (χ0n) is 9.56. The van der Waals surface area contributed by atoms with Crippen molar-refractivity contribution in [2.75, 3.05) is 13.2 Å². The summed E-state index contributed by atoms with van der Waals surface area (Å²) in [4.78, 5) is 24.8. The third kappa shape index (κ3) is 2.37. The fourth-order valence-corrected chi connectivity index (χ4v) is 1.83. The summed E-state index contributed by atoms with van der Waals surface area (Å²) in [5.41, 5.74) is 0. The summed E-state index contributed by atoms with van der Waals surface area (Å²) in [6.07, 6.45) is 0.625. The van der Waals surface area contributed by atoms with Crippen LogP contribution in [0.1, 0.15) is 27.2 Å². The number of aliphatic hydroxyl groups excluding tert-OH is 1. The van der Waals surface area contributed by atoms with Gasteiger partial charge in [-0.25, -0.2) is 0 Å². The molecule has 2 amide bonds. The van der Waals surface area contributed by atoms with E-state index in [2.05, 4.69) is 0 Å². The minimum atomic E-state index is -0.196. The van der Waals surface area contributed by atoms with E-state index < -0.39 is 0 Å². The normalized spacial score (nSPS) is 28.7. The van der Waals surface area contributed by atoms with Gasteiger partial charge in [0, 0.05) is 25.0 Å². The van der Waals surface area contributed by atoms with Crippen molar-refractivity contribution in [1.29, 1.82) is 0 Å². The Labute approximate surface area is 90.3 Å². The molecule has 0 aromatic heterocycles. The molecule has 86 valence electrons. The molecule has 1 fully saturated rings. The van der Waals surface area contributed by atoms with Crippen LogP contribution in [0.2, 0.25) is 0 Å². The lowest BCUT2D eigenvalue weighted by Gasteiger charge is -2.18. The van der Waals surface area contributed by atoms with Gasteiger partial charge in [0.1, 0.15) is 0 Å². The summed E-state index contributed by atoms with van der Waals surface area (Å²) in [5.74, 6) is -0.368. The highest BCUT2D eigenvalue weighted by Gasteiger charge is 2.42. The highest BCUT2D eigenvalue weighted by atomic mass is 16.3. The van der Waals surface area contributed by atoms with E-state index in [-0.39, 0.29) is 36.2 Å². The van der Waals surface area contributed by atoms with E-state index >= 15 is 0 Å². The van der Waals surface area contributed by atoms with Crippen molar-refractivity contribution in [3.8, 4) is 0 Å². The Hall–Kier alpha value is -0.900. The van der Waals surface area contributed by atoms with E-state index in [0.29, 0.717) is 13.0 Å². The third-order valence-corrected chi connectivity index (χ3v) is 3.18. The predicted octanol–water partition coefficient (Wildman–Crippen LogP) is 0.646. The smallest absolute Gasteiger partial charge is 0.232 e. The van der Waals surface area contributed by atoms with Crippen molar-refractivity contribution in [3.05, 3.63) is 0 Å². The van der Waals surface area contributed by atoms with Crippen molar-refractivity contribution in [3.63, 3.8) is 0 Å². The summed E-state index contributed by atoms with van der Waals surface area (Å²) in [7, 11) is 0. The van der Waals surface area contributed by atoms with Gasteiger partial charge in [0.05, 0.1) is 0 Å². The lowest BCUT2D eigenvalue weighted by Crippen LogP contribution is -2.35.